The number of carbonyl (C=O) groups excluding carboxylic acids is 1. The number of alkyl halides is 3. The summed E-state index contributed by atoms with van der Waals surface area (Å²) in [6, 6.07) is 4.15. The third-order valence-electron chi connectivity index (χ3n) is 1.45. The molecule has 0 aliphatic rings. The Balaban J connectivity index is 2.62. The first-order valence-corrected chi connectivity index (χ1v) is 3.96. The van der Waals surface area contributed by atoms with Crippen LogP contribution in [0, 0.1) is 6.92 Å². The lowest BCUT2D eigenvalue weighted by molar-refractivity contribution is -0.123. The fourth-order valence-electron chi connectivity index (χ4n) is 0.849. The molecule has 0 aliphatic heterocycles. The Kier molecular flexibility index (Phi) is 3.28. The van der Waals surface area contributed by atoms with E-state index in [1.807, 2.05) is 0 Å². The highest BCUT2D eigenvalue weighted by molar-refractivity contribution is 5.92. The van der Waals surface area contributed by atoms with Crippen molar-refractivity contribution < 1.29 is 18.0 Å². The summed E-state index contributed by atoms with van der Waals surface area (Å²) >= 11 is 0. The van der Waals surface area contributed by atoms with Gasteiger partial charge in [0.15, 0.2) is 0 Å². The zero-order valence-electron chi connectivity index (χ0n) is 7.51. The highest BCUT2D eigenvalue weighted by Crippen LogP contribution is 2.12. The first kappa shape index (κ1) is 11.5. The van der Waals surface area contributed by atoms with Gasteiger partial charge < -0.3 is 5.32 Å². The number of carbonyl (C=O) groups is 1. The first-order valence-electron chi connectivity index (χ1n) is 3.96. The second kappa shape index (κ2) is 4.29. The second-order valence-electron chi connectivity index (χ2n) is 2.75. The largest absolute Gasteiger partial charge is 0.405 e. The van der Waals surface area contributed by atoms with Crippen molar-refractivity contribution in [3.8, 4) is 0 Å². The van der Waals surface area contributed by atoms with Crippen molar-refractivity contribution in [1.82, 2.24) is 10.3 Å². The lowest BCUT2D eigenvalue weighted by atomic mass is 10.3. The molecule has 0 aromatic carbocycles. The number of nitrogens with one attached hydrogen (secondary N) is 1. The third-order valence-corrected chi connectivity index (χ3v) is 1.45. The number of rotatable bonds is 2. The van der Waals surface area contributed by atoms with Gasteiger partial charge in [-0.25, -0.2) is 4.98 Å². The number of aromatic nitrogens is 1. The fourth-order valence-corrected chi connectivity index (χ4v) is 0.849. The minimum Gasteiger partial charge on any atom is -0.342 e. The number of pyridine rings is 1. The maximum atomic E-state index is 11.8. The molecule has 0 aliphatic carbocycles. The molecule has 15 heavy (non-hydrogen) atoms. The van der Waals surface area contributed by atoms with Crippen molar-refractivity contribution in [3.05, 3.63) is 36.5 Å². The van der Waals surface area contributed by atoms with Crippen LogP contribution in [-0.2, 0) is 0 Å². The third kappa shape index (κ3) is 3.97. The lowest BCUT2D eigenvalue weighted by Crippen LogP contribution is -2.34. The molecule has 0 spiro atoms. The van der Waals surface area contributed by atoms with Crippen LogP contribution in [0.5, 0.6) is 0 Å². The van der Waals surface area contributed by atoms with Crippen molar-refractivity contribution >= 4 is 5.91 Å². The van der Waals surface area contributed by atoms with Crippen LogP contribution >= 0.6 is 0 Å². The van der Waals surface area contributed by atoms with Crippen LogP contribution in [0.15, 0.2) is 18.2 Å². The highest BCUT2D eigenvalue weighted by atomic mass is 19.4. The van der Waals surface area contributed by atoms with E-state index < -0.39 is 18.6 Å². The van der Waals surface area contributed by atoms with E-state index >= 15 is 0 Å². The Morgan fingerprint density at radius 1 is 1.47 bits per heavy atom. The van der Waals surface area contributed by atoms with Gasteiger partial charge in [0.1, 0.15) is 12.2 Å². The summed E-state index contributed by atoms with van der Waals surface area (Å²) in [5.74, 6) is -0.903. The maximum absolute atomic E-state index is 11.8. The quantitative estimate of drug-likeness (QED) is 0.812. The second-order valence-corrected chi connectivity index (χ2v) is 2.75. The number of hydrogen-bond acceptors (Lipinski definition) is 2. The predicted molar refractivity (Wildman–Crippen MR) is 46.0 cm³/mol. The van der Waals surface area contributed by atoms with Crippen molar-refractivity contribution in [1.29, 1.82) is 0 Å². The Morgan fingerprint density at radius 3 is 2.67 bits per heavy atom. The molecule has 0 unspecified atom stereocenters. The van der Waals surface area contributed by atoms with Gasteiger partial charge >= 0.3 is 6.18 Å². The van der Waals surface area contributed by atoms with Gasteiger partial charge in [0.05, 0.1) is 0 Å². The zero-order valence-corrected chi connectivity index (χ0v) is 7.51. The number of amides is 1. The van der Waals surface area contributed by atoms with E-state index in [2.05, 4.69) is 4.98 Å². The summed E-state index contributed by atoms with van der Waals surface area (Å²) in [5, 5.41) is 1.68. The Labute approximate surface area is 84.3 Å². The molecule has 1 N–H and O–H groups in total. The Hall–Kier alpha value is -1.59. The molecule has 0 saturated carbocycles. The monoisotopic (exact) mass is 216 g/mol. The lowest BCUT2D eigenvalue weighted by Gasteiger charge is -2.07. The van der Waals surface area contributed by atoms with Gasteiger partial charge in [0.25, 0.3) is 5.91 Å². The standard InChI is InChI=1S/C9H7F3N2O/c1-6-3-2-4-7(14-6)8(15)13-5-9(10,11)12/h1-4H,5H2,(H,13,15). The van der Waals surface area contributed by atoms with Crippen LogP contribution in [0.2, 0.25) is 0 Å². The maximum Gasteiger partial charge on any atom is 0.405 e. The van der Waals surface area contributed by atoms with Crippen molar-refractivity contribution in [2.45, 2.75) is 6.18 Å². The topological polar surface area (TPSA) is 42.0 Å². The van der Waals surface area contributed by atoms with Crippen LogP contribution in [0.4, 0.5) is 13.2 Å². The van der Waals surface area contributed by atoms with Crippen LogP contribution in [-0.4, -0.2) is 23.6 Å². The SMILES string of the molecule is [CH]c1cccc(C(=O)NCC(F)(F)F)n1. The minimum absolute atomic E-state index is 0.0784. The molecule has 0 bridgehead atoms. The molecule has 1 amide bonds. The van der Waals surface area contributed by atoms with Gasteiger partial charge in [-0.2, -0.15) is 13.2 Å². The van der Waals surface area contributed by atoms with Gasteiger partial charge in [-0.3, -0.25) is 4.79 Å². The molecular weight excluding hydrogens is 209 g/mol. The molecule has 0 atom stereocenters. The van der Waals surface area contributed by atoms with E-state index in [4.69, 9.17) is 6.92 Å². The first-order chi connectivity index (χ1) is 6.88. The van der Waals surface area contributed by atoms with Crippen LogP contribution < -0.4 is 5.32 Å². The average Bonchev–Trinajstić information content (AvgIpc) is 2.13. The molecule has 1 rings (SSSR count). The summed E-state index contributed by atoms with van der Waals surface area (Å²) in [5.41, 5.74) is -0.0612. The molecule has 0 saturated heterocycles. The van der Waals surface area contributed by atoms with Crippen molar-refractivity contribution in [2.75, 3.05) is 6.54 Å². The normalized spacial score (nSPS) is 11.2. The summed E-state index contributed by atoms with van der Waals surface area (Å²) in [7, 11) is 0. The van der Waals surface area contributed by atoms with Gasteiger partial charge in [-0.05, 0) is 12.1 Å². The van der Waals surface area contributed by atoms with Gasteiger partial charge in [-0.1, -0.05) is 6.07 Å². The van der Waals surface area contributed by atoms with Gasteiger partial charge in [-0.15, -0.1) is 0 Å². The zero-order chi connectivity index (χ0) is 11.5. The van der Waals surface area contributed by atoms with E-state index in [-0.39, 0.29) is 11.4 Å². The molecule has 80 valence electrons. The van der Waals surface area contributed by atoms with Crippen molar-refractivity contribution in [2.24, 2.45) is 0 Å². The van der Waals surface area contributed by atoms with Crippen LogP contribution in [0.1, 0.15) is 16.2 Å². The molecule has 1 aromatic heterocycles. The fraction of sp³-hybridized carbons (Fsp3) is 0.222. The Morgan fingerprint density at radius 2 is 2.13 bits per heavy atom. The molecule has 3 nitrogen and oxygen atoms in total. The van der Waals surface area contributed by atoms with Crippen LogP contribution in [0.3, 0.4) is 0 Å². The highest BCUT2D eigenvalue weighted by Gasteiger charge is 2.28. The molecular formula is C9H7F3N2O. The molecule has 1 aromatic rings. The average molecular weight is 216 g/mol. The van der Waals surface area contributed by atoms with Crippen LogP contribution in [0.25, 0.3) is 0 Å². The van der Waals surface area contributed by atoms with E-state index in [1.165, 1.54) is 18.2 Å². The van der Waals surface area contributed by atoms with Crippen molar-refractivity contribution in [3.63, 3.8) is 0 Å². The van der Waals surface area contributed by atoms with E-state index in [0.29, 0.717) is 0 Å². The molecule has 1 heterocycles. The van der Waals surface area contributed by atoms with E-state index in [9.17, 15) is 18.0 Å². The van der Waals surface area contributed by atoms with E-state index in [1.54, 1.807) is 5.32 Å². The molecule has 0 fully saturated rings. The summed E-state index contributed by atoms with van der Waals surface area (Å²) in [6.45, 7) is 3.88. The number of hydrogen-bond donors (Lipinski definition) is 1. The molecule has 6 heteroatoms. The summed E-state index contributed by atoms with van der Waals surface area (Å²) < 4.78 is 35.3. The number of halogens is 3. The van der Waals surface area contributed by atoms with E-state index in [0.717, 1.165) is 0 Å². The minimum atomic E-state index is -4.43. The summed E-state index contributed by atoms with van der Waals surface area (Å²) in [4.78, 5) is 14.7. The molecule has 2 radical (unpaired) electrons. The van der Waals surface area contributed by atoms with Gasteiger partial charge in [0.2, 0.25) is 0 Å². The van der Waals surface area contributed by atoms with Gasteiger partial charge in [0, 0.05) is 12.6 Å². The smallest absolute Gasteiger partial charge is 0.342 e. The predicted octanol–water partition coefficient (Wildman–Crippen LogP) is 1.43. The Bertz CT molecular complexity index is 363. The summed E-state index contributed by atoms with van der Waals surface area (Å²) in [6.07, 6.45) is -4.43. The number of nitrogens with zero attached hydrogens (tertiary/aromatic N) is 1.